The van der Waals surface area contributed by atoms with Crippen LogP contribution in [0.1, 0.15) is 5.56 Å². The highest BCUT2D eigenvalue weighted by Gasteiger charge is 2.20. The van der Waals surface area contributed by atoms with Gasteiger partial charge in [-0.1, -0.05) is 30.3 Å². The van der Waals surface area contributed by atoms with Gasteiger partial charge in [0.15, 0.2) is 11.3 Å². The van der Waals surface area contributed by atoms with Gasteiger partial charge in [-0.3, -0.25) is 9.98 Å². The normalized spacial score (nSPS) is 11.5. The topological polar surface area (TPSA) is 94.2 Å². The van der Waals surface area contributed by atoms with Gasteiger partial charge >= 0.3 is 5.69 Å². The summed E-state index contributed by atoms with van der Waals surface area (Å²) in [5.74, 6) is -1.59. The van der Waals surface area contributed by atoms with Gasteiger partial charge in [-0.25, -0.2) is 17.6 Å². The molecule has 0 spiro atoms. The third-order valence-electron chi connectivity index (χ3n) is 2.90. The number of rotatable bonds is 5. The Morgan fingerprint density at radius 3 is 2.50 bits per heavy atom. The molecule has 0 saturated heterocycles. The fourth-order valence-electron chi connectivity index (χ4n) is 1.87. The van der Waals surface area contributed by atoms with E-state index in [0.717, 1.165) is 0 Å². The summed E-state index contributed by atoms with van der Waals surface area (Å²) in [4.78, 5) is 12.1. The Bertz CT molecular complexity index is 888. The van der Waals surface area contributed by atoms with E-state index in [-0.39, 0.29) is 0 Å². The Kier molecular flexibility index (Phi) is 4.57. The molecule has 0 unspecified atom stereocenters. The number of hydrogen-bond acceptors (Lipinski definition) is 5. The van der Waals surface area contributed by atoms with Gasteiger partial charge in [-0.15, -0.1) is 0 Å². The standard InChI is InChI=1S/C13H14FN3O4S/c1-21-9-16-12(15)11(14)7-17(13(16)18)22(19,20)8-10-5-3-2-4-6-10/h2-7,15H,8-9H2,1H3. The third kappa shape index (κ3) is 3.15. The molecule has 22 heavy (non-hydrogen) atoms. The quantitative estimate of drug-likeness (QED) is 0.852. The van der Waals surface area contributed by atoms with Crippen molar-refractivity contribution in [1.29, 1.82) is 5.41 Å². The molecule has 1 aromatic carbocycles. The first-order valence-corrected chi connectivity index (χ1v) is 7.80. The van der Waals surface area contributed by atoms with Gasteiger partial charge in [0.05, 0.1) is 11.9 Å². The Morgan fingerprint density at radius 1 is 1.27 bits per heavy atom. The first-order chi connectivity index (χ1) is 10.4. The SMILES string of the molecule is COCn1c(=N)c(F)cn(S(=O)(=O)Cc2ccccc2)c1=O. The van der Waals surface area contributed by atoms with Crippen LogP contribution in [0.15, 0.2) is 41.3 Å². The monoisotopic (exact) mass is 327 g/mol. The molecule has 0 radical (unpaired) electrons. The van der Waals surface area contributed by atoms with Crippen molar-refractivity contribution in [2.24, 2.45) is 0 Å². The van der Waals surface area contributed by atoms with Crippen LogP contribution in [0.3, 0.4) is 0 Å². The predicted octanol–water partition coefficient (Wildman–Crippen LogP) is 0.250. The number of benzene rings is 1. The van der Waals surface area contributed by atoms with Crippen molar-refractivity contribution in [1.82, 2.24) is 8.54 Å². The Hall–Kier alpha value is -2.26. The van der Waals surface area contributed by atoms with Crippen molar-refractivity contribution in [3.8, 4) is 0 Å². The number of aromatic nitrogens is 2. The van der Waals surface area contributed by atoms with Gasteiger partial charge in [-0.2, -0.15) is 3.97 Å². The maximum absolute atomic E-state index is 13.7. The molecule has 118 valence electrons. The molecular formula is C13H14FN3O4S. The maximum Gasteiger partial charge on any atom is 0.345 e. The highest BCUT2D eigenvalue weighted by atomic mass is 32.2. The molecule has 0 aliphatic carbocycles. The summed E-state index contributed by atoms with van der Waals surface area (Å²) in [6, 6.07) is 8.21. The molecule has 0 atom stereocenters. The highest BCUT2D eigenvalue weighted by Crippen LogP contribution is 2.07. The zero-order valence-corrected chi connectivity index (χ0v) is 12.5. The van der Waals surface area contributed by atoms with Crippen molar-refractivity contribution < 1.29 is 17.5 Å². The van der Waals surface area contributed by atoms with Crippen LogP contribution in [0.25, 0.3) is 0 Å². The Morgan fingerprint density at radius 2 is 1.91 bits per heavy atom. The maximum atomic E-state index is 13.7. The molecule has 1 aromatic heterocycles. The van der Waals surface area contributed by atoms with Gasteiger partial charge in [0.2, 0.25) is 10.0 Å². The van der Waals surface area contributed by atoms with Crippen LogP contribution in [-0.4, -0.2) is 24.1 Å². The van der Waals surface area contributed by atoms with E-state index in [0.29, 0.717) is 20.3 Å². The van der Waals surface area contributed by atoms with Crippen molar-refractivity contribution >= 4 is 10.0 Å². The average Bonchev–Trinajstić information content (AvgIpc) is 2.48. The zero-order chi connectivity index (χ0) is 16.3. The first kappa shape index (κ1) is 16.1. The zero-order valence-electron chi connectivity index (χ0n) is 11.7. The van der Waals surface area contributed by atoms with Crippen molar-refractivity contribution in [2.45, 2.75) is 12.5 Å². The van der Waals surface area contributed by atoms with Crippen molar-refractivity contribution in [3.63, 3.8) is 0 Å². The fraction of sp³-hybridized carbons (Fsp3) is 0.231. The number of nitrogens with zero attached hydrogens (tertiary/aromatic N) is 2. The van der Waals surface area contributed by atoms with Crippen molar-refractivity contribution in [2.75, 3.05) is 7.11 Å². The summed E-state index contributed by atoms with van der Waals surface area (Å²) in [6.45, 7) is -0.420. The lowest BCUT2D eigenvalue weighted by molar-refractivity contribution is 0.121. The smallest absolute Gasteiger partial charge is 0.345 e. The summed E-state index contributed by atoms with van der Waals surface area (Å²) in [6.07, 6.45) is 0.509. The van der Waals surface area contributed by atoms with Gasteiger partial charge in [-0.05, 0) is 5.56 Å². The number of ether oxygens (including phenoxy) is 1. The number of methoxy groups -OCH3 is 1. The van der Waals surface area contributed by atoms with Crippen LogP contribution in [-0.2, 0) is 27.2 Å². The predicted molar refractivity (Wildman–Crippen MR) is 76.0 cm³/mol. The van der Waals surface area contributed by atoms with Crippen LogP contribution in [0, 0.1) is 11.2 Å². The molecule has 7 nitrogen and oxygen atoms in total. The van der Waals surface area contributed by atoms with E-state index in [1.807, 2.05) is 0 Å². The largest absolute Gasteiger partial charge is 0.364 e. The van der Waals surface area contributed by atoms with E-state index in [9.17, 15) is 17.6 Å². The molecule has 0 saturated carbocycles. The average molecular weight is 327 g/mol. The summed E-state index contributed by atoms with van der Waals surface area (Å²) in [5, 5.41) is 7.46. The van der Waals surface area contributed by atoms with E-state index in [1.54, 1.807) is 30.3 Å². The lowest BCUT2D eigenvalue weighted by Crippen LogP contribution is -2.44. The van der Waals surface area contributed by atoms with E-state index in [1.165, 1.54) is 7.11 Å². The lowest BCUT2D eigenvalue weighted by Gasteiger charge is -2.11. The third-order valence-corrected chi connectivity index (χ3v) is 4.46. The van der Waals surface area contributed by atoms with Crippen LogP contribution in [0.4, 0.5) is 4.39 Å². The molecule has 1 N–H and O–H groups in total. The minimum absolute atomic E-state index is 0.298. The van der Waals surface area contributed by atoms with Gasteiger partial charge < -0.3 is 4.74 Å². The minimum Gasteiger partial charge on any atom is -0.364 e. The van der Waals surface area contributed by atoms with E-state index in [4.69, 9.17) is 10.1 Å². The highest BCUT2D eigenvalue weighted by molar-refractivity contribution is 7.89. The van der Waals surface area contributed by atoms with E-state index < -0.39 is 39.5 Å². The Balaban J connectivity index is 2.57. The molecule has 1 heterocycles. The second kappa shape index (κ2) is 6.24. The molecule has 2 aromatic rings. The van der Waals surface area contributed by atoms with E-state index >= 15 is 0 Å². The Labute approximate surface area is 125 Å². The minimum atomic E-state index is -4.12. The fourth-order valence-corrected chi connectivity index (χ4v) is 3.21. The van der Waals surface area contributed by atoms with Gasteiger partial charge in [0, 0.05) is 7.11 Å². The molecule has 0 amide bonds. The molecule has 0 aliphatic heterocycles. The summed E-state index contributed by atoms with van der Waals surface area (Å²) in [5.41, 5.74) is -1.33. The molecule has 0 aliphatic rings. The summed E-state index contributed by atoms with van der Waals surface area (Å²) >= 11 is 0. The van der Waals surface area contributed by atoms with E-state index in [2.05, 4.69) is 0 Å². The number of hydrogen-bond donors (Lipinski definition) is 1. The number of nitrogens with one attached hydrogen (secondary N) is 1. The molecule has 9 heteroatoms. The first-order valence-electron chi connectivity index (χ1n) is 6.19. The van der Waals surface area contributed by atoms with Gasteiger partial charge in [0.25, 0.3) is 0 Å². The molecular weight excluding hydrogens is 313 g/mol. The second-order valence-corrected chi connectivity index (χ2v) is 6.34. The van der Waals surface area contributed by atoms with Crippen LogP contribution < -0.4 is 11.2 Å². The molecule has 2 rings (SSSR count). The van der Waals surface area contributed by atoms with Gasteiger partial charge in [0.1, 0.15) is 6.73 Å². The summed E-state index contributed by atoms with van der Waals surface area (Å²) in [7, 11) is -2.87. The molecule has 0 fully saturated rings. The van der Waals surface area contributed by atoms with Crippen LogP contribution >= 0.6 is 0 Å². The second-order valence-electron chi connectivity index (χ2n) is 4.49. The lowest BCUT2D eigenvalue weighted by atomic mass is 10.2. The number of halogens is 1. The van der Waals surface area contributed by atoms with Crippen LogP contribution in [0.5, 0.6) is 0 Å². The summed E-state index contributed by atoms with van der Waals surface area (Å²) < 4.78 is 44.0. The molecule has 0 bridgehead atoms. The van der Waals surface area contributed by atoms with Crippen molar-refractivity contribution in [3.05, 3.63) is 63.9 Å². The van der Waals surface area contributed by atoms with Crippen LogP contribution in [0.2, 0.25) is 0 Å².